The van der Waals surface area contributed by atoms with Gasteiger partial charge in [-0.25, -0.2) is 0 Å². The minimum absolute atomic E-state index is 0.269. The molecule has 0 radical (unpaired) electrons. The van der Waals surface area contributed by atoms with Crippen LogP contribution >= 0.6 is 31.9 Å². The van der Waals surface area contributed by atoms with Crippen LogP contribution in [-0.2, 0) is 0 Å². The summed E-state index contributed by atoms with van der Waals surface area (Å²) in [6.07, 6.45) is 7.50. The predicted octanol–water partition coefficient (Wildman–Crippen LogP) is 5.77. The lowest BCUT2D eigenvalue weighted by molar-refractivity contribution is -0.180. The van der Waals surface area contributed by atoms with Crippen molar-refractivity contribution in [2.75, 3.05) is 0 Å². The van der Waals surface area contributed by atoms with Crippen LogP contribution in [0.15, 0.2) is 0 Å². The first-order valence-corrected chi connectivity index (χ1v) is 11.5. The molecule has 1 spiro atoms. The van der Waals surface area contributed by atoms with Gasteiger partial charge in [0.15, 0.2) is 0 Å². The topological polar surface area (TPSA) is 20.2 Å². The van der Waals surface area contributed by atoms with Gasteiger partial charge in [-0.15, -0.1) is 0 Å². The molecule has 0 heterocycles. The molecular formula is C20H32Br2O. The summed E-state index contributed by atoms with van der Waals surface area (Å²) in [5.74, 6) is 3.56. The molecule has 0 amide bonds. The van der Waals surface area contributed by atoms with Gasteiger partial charge in [-0.3, -0.25) is 0 Å². The number of rotatable bonds is 1. The Bertz CT molecular complexity index is 504. The molecule has 0 aromatic heterocycles. The highest BCUT2D eigenvalue weighted by atomic mass is 79.9. The fraction of sp³-hybridized carbons (Fsp3) is 1.00. The lowest BCUT2D eigenvalue weighted by Crippen LogP contribution is -2.63. The van der Waals surface area contributed by atoms with Crippen molar-refractivity contribution in [3.05, 3.63) is 0 Å². The molecule has 4 aliphatic carbocycles. The highest BCUT2D eigenvalue weighted by molar-refractivity contribution is 9.09. The highest BCUT2D eigenvalue weighted by Crippen LogP contribution is 2.75. The number of fused-ring (bicyclic) bond motifs is 3. The fourth-order valence-corrected chi connectivity index (χ4v) is 10.3. The van der Waals surface area contributed by atoms with Crippen molar-refractivity contribution in [1.29, 1.82) is 0 Å². The van der Waals surface area contributed by atoms with Gasteiger partial charge in [0, 0.05) is 9.65 Å². The number of alkyl halides is 2. The van der Waals surface area contributed by atoms with E-state index in [4.69, 9.17) is 0 Å². The molecule has 4 rings (SSSR count). The van der Waals surface area contributed by atoms with E-state index >= 15 is 0 Å². The van der Waals surface area contributed by atoms with Gasteiger partial charge in [0.1, 0.15) is 0 Å². The van der Waals surface area contributed by atoms with Gasteiger partial charge < -0.3 is 5.11 Å². The van der Waals surface area contributed by atoms with Gasteiger partial charge in [0.2, 0.25) is 0 Å². The molecule has 4 saturated carbocycles. The van der Waals surface area contributed by atoms with Crippen LogP contribution in [0.2, 0.25) is 0 Å². The van der Waals surface area contributed by atoms with Gasteiger partial charge in [-0.05, 0) is 85.9 Å². The molecule has 0 aromatic rings. The Morgan fingerprint density at radius 3 is 2.43 bits per heavy atom. The van der Waals surface area contributed by atoms with E-state index in [0.717, 1.165) is 36.5 Å². The fourth-order valence-electron chi connectivity index (χ4n) is 7.99. The van der Waals surface area contributed by atoms with Crippen LogP contribution in [0.4, 0.5) is 0 Å². The third-order valence-electron chi connectivity index (χ3n) is 8.64. The maximum absolute atomic E-state index is 11.4. The number of aliphatic hydroxyl groups is 1. The van der Waals surface area contributed by atoms with Crippen LogP contribution in [0.5, 0.6) is 0 Å². The second-order valence-corrected chi connectivity index (χ2v) is 12.3. The maximum atomic E-state index is 11.4. The Morgan fingerprint density at radius 2 is 1.78 bits per heavy atom. The average molecular weight is 448 g/mol. The Hall–Kier alpha value is 0.920. The van der Waals surface area contributed by atoms with Gasteiger partial charge in [-0.1, -0.05) is 52.6 Å². The molecule has 4 aliphatic rings. The molecule has 1 nitrogen and oxygen atoms in total. The summed E-state index contributed by atoms with van der Waals surface area (Å²) >= 11 is 8.11. The monoisotopic (exact) mass is 446 g/mol. The molecule has 3 heteroatoms. The van der Waals surface area contributed by atoms with Crippen molar-refractivity contribution in [3.8, 4) is 0 Å². The SMILES string of the molecule is CC(C)[C@@H]1[C@@H](Br)[C@@H]2C[C@H]3[C@H]4[C@](C)(CC[C@]13C2)[C@@H](Br)CC[C@@]4(C)O. The molecule has 23 heavy (non-hydrogen) atoms. The summed E-state index contributed by atoms with van der Waals surface area (Å²) in [5, 5.41) is 11.4. The minimum atomic E-state index is -0.481. The zero-order valence-electron chi connectivity index (χ0n) is 15.0. The zero-order valence-corrected chi connectivity index (χ0v) is 18.2. The van der Waals surface area contributed by atoms with E-state index in [0.29, 0.717) is 21.0 Å². The predicted molar refractivity (Wildman–Crippen MR) is 103 cm³/mol. The molecule has 0 unspecified atom stereocenters. The van der Waals surface area contributed by atoms with Crippen molar-refractivity contribution in [2.45, 2.75) is 81.5 Å². The first kappa shape index (κ1) is 17.3. The van der Waals surface area contributed by atoms with E-state index in [2.05, 4.69) is 59.6 Å². The van der Waals surface area contributed by atoms with E-state index in [1.54, 1.807) is 0 Å². The lowest BCUT2D eigenvalue weighted by Gasteiger charge is -2.64. The molecule has 4 fully saturated rings. The number of hydrogen-bond donors (Lipinski definition) is 1. The van der Waals surface area contributed by atoms with Gasteiger partial charge in [0.25, 0.3) is 0 Å². The first-order chi connectivity index (χ1) is 10.6. The second kappa shape index (κ2) is 5.22. The summed E-state index contributed by atoms with van der Waals surface area (Å²) in [7, 11) is 0. The average Bonchev–Trinajstić information content (AvgIpc) is 2.95. The second-order valence-electron chi connectivity index (χ2n) is 10.1. The molecule has 0 aromatic carbocycles. The van der Waals surface area contributed by atoms with Crippen molar-refractivity contribution >= 4 is 31.9 Å². The zero-order chi connectivity index (χ0) is 16.8. The van der Waals surface area contributed by atoms with Crippen molar-refractivity contribution < 1.29 is 5.11 Å². The molecule has 132 valence electrons. The standard InChI is InChI=1S/C20H32Br2O/c1-11(2)15-16(22)12-9-13-17-18(3,7-8-20(13,15)10-12)14(21)5-6-19(17,4)23/h11-17,23H,5-10H2,1-4H3/t12-,13+,14+,15-,16+,17+,18-,19-,20-/m1/s1. The van der Waals surface area contributed by atoms with Crippen molar-refractivity contribution in [1.82, 2.24) is 0 Å². The van der Waals surface area contributed by atoms with E-state index in [1.807, 2.05) is 0 Å². The molecule has 1 N–H and O–H groups in total. The van der Waals surface area contributed by atoms with Gasteiger partial charge in [-0.2, -0.15) is 0 Å². The summed E-state index contributed by atoms with van der Waals surface area (Å²) in [5.41, 5.74) is 0.279. The molecular weight excluding hydrogens is 416 g/mol. The van der Waals surface area contributed by atoms with E-state index in [9.17, 15) is 5.11 Å². The molecule has 2 bridgehead atoms. The molecule has 0 aliphatic heterocycles. The third kappa shape index (κ3) is 2.11. The van der Waals surface area contributed by atoms with E-state index in [-0.39, 0.29) is 5.41 Å². The summed E-state index contributed by atoms with van der Waals surface area (Å²) in [6.45, 7) is 9.46. The third-order valence-corrected chi connectivity index (χ3v) is 11.5. The lowest BCUT2D eigenvalue weighted by atomic mass is 9.43. The first-order valence-electron chi connectivity index (χ1n) is 9.64. The highest BCUT2D eigenvalue weighted by Gasteiger charge is 2.71. The maximum Gasteiger partial charge on any atom is 0.0656 e. The minimum Gasteiger partial charge on any atom is -0.390 e. The Balaban J connectivity index is 1.78. The van der Waals surface area contributed by atoms with Crippen LogP contribution in [0.3, 0.4) is 0 Å². The summed E-state index contributed by atoms with van der Waals surface area (Å²) < 4.78 is 0. The van der Waals surface area contributed by atoms with Crippen LogP contribution in [0.25, 0.3) is 0 Å². The number of halogens is 2. The Labute approximate surface area is 158 Å². The van der Waals surface area contributed by atoms with E-state index in [1.165, 1.54) is 25.7 Å². The van der Waals surface area contributed by atoms with Gasteiger partial charge in [0.05, 0.1) is 5.60 Å². The van der Waals surface area contributed by atoms with E-state index < -0.39 is 5.60 Å². The van der Waals surface area contributed by atoms with Crippen molar-refractivity contribution in [3.63, 3.8) is 0 Å². The smallest absolute Gasteiger partial charge is 0.0656 e. The molecule has 9 atom stereocenters. The largest absolute Gasteiger partial charge is 0.390 e. The van der Waals surface area contributed by atoms with Crippen LogP contribution in [0, 0.1) is 40.4 Å². The Morgan fingerprint density at radius 1 is 1.09 bits per heavy atom. The summed E-state index contributed by atoms with van der Waals surface area (Å²) in [4.78, 5) is 1.28. The number of hydrogen-bond acceptors (Lipinski definition) is 1. The summed E-state index contributed by atoms with van der Waals surface area (Å²) in [6, 6.07) is 0. The normalized spacial score (nSPS) is 61.6. The van der Waals surface area contributed by atoms with Crippen LogP contribution < -0.4 is 0 Å². The molecule has 0 saturated heterocycles. The van der Waals surface area contributed by atoms with Gasteiger partial charge >= 0.3 is 0 Å². The quantitative estimate of drug-likeness (QED) is 0.505. The van der Waals surface area contributed by atoms with Crippen molar-refractivity contribution in [2.24, 2.45) is 40.4 Å². The Kier molecular flexibility index (Phi) is 3.94. The van der Waals surface area contributed by atoms with Crippen LogP contribution in [0.1, 0.15) is 66.2 Å². The van der Waals surface area contributed by atoms with Crippen LogP contribution in [-0.4, -0.2) is 20.4 Å².